The zero-order valence-corrected chi connectivity index (χ0v) is 16.2. The van der Waals surface area contributed by atoms with Crippen molar-refractivity contribution in [2.24, 2.45) is 0 Å². The molecule has 1 amide bonds. The average molecular weight is 421 g/mol. The van der Waals surface area contributed by atoms with Crippen LogP contribution < -0.4 is 5.32 Å². The number of esters is 1. The number of fused-ring (bicyclic) bond motifs is 1. The van der Waals surface area contributed by atoms with Gasteiger partial charge in [0.25, 0.3) is 5.91 Å². The zero-order chi connectivity index (χ0) is 18.5. The van der Waals surface area contributed by atoms with Gasteiger partial charge in [-0.1, -0.05) is 39.3 Å². The number of carbonyl (C=O) groups excluding carboxylic acids is 2. The second kappa shape index (κ2) is 8.49. The van der Waals surface area contributed by atoms with E-state index in [1.807, 2.05) is 24.3 Å². The number of aromatic nitrogens is 1. The first kappa shape index (κ1) is 18.6. The SMILES string of the molecule is CCOC(=O)CC(NC(=O)c1noc2c1CCCC2)c1ccccc1Br. The minimum absolute atomic E-state index is 0.0439. The van der Waals surface area contributed by atoms with E-state index in [9.17, 15) is 9.59 Å². The highest BCUT2D eigenvalue weighted by Gasteiger charge is 2.27. The van der Waals surface area contributed by atoms with Crippen molar-refractivity contribution >= 4 is 27.8 Å². The maximum atomic E-state index is 12.8. The molecule has 1 aromatic carbocycles. The molecule has 2 aromatic rings. The van der Waals surface area contributed by atoms with Gasteiger partial charge in [-0.2, -0.15) is 0 Å². The highest BCUT2D eigenvalue weighted by atomic mass is 79.9. The number of benzene rings is 1. The van der Waals surface area contributed by atoms with E-state index >= 15 is 0 Å². The standard InChI is InChI=1S/C19H21BrN2O4/c1-2-25-17(23)11-15(12-7-3-5-9-14(12)20)21-19(24)18-13-8-4-6-10-16(13)26-22-18/h3,5,7,9,15H,2,4,6,8,10-11H2,1H3,(H,21,24). The molecule has 1 heterocycles. The maximum Gasteiger partial charge on any atom is 0.308 e. The van der Waals surface area contributed by atoms with Crippen LogP contribution in [0.25, 0.3) is 0 Å². The summed E-state index contributed by atoms with van der Waals surface area (Å²) in [6.45, 7) is 2.05. The van der Waals surface area contributed by atoms with Crippen LogP contribution in [0.2, 0.25) is 0 Å². The van der Waals surface area contributed by atoms with Crippen LogP contribution in [0.1, 0.15) is 59.6 Å². The Bertz CT molecular complexity index is 803. The molecule has 1 N–H and O–H groups in total. The summed E-state index contributed by atoms with van der Waals surface area (Å²) >= 11 is 3.49. The Kier molecular flexibility index (Phi) is 6.08. The Morgan fingerprint density at radius 1 is 1.31 bits per heavy atom. The monoisotopic (exact) mass is 420 g/mol. The summed E-state index contributed by atoms with van der Waals surface area (Å²) in [4.78, 5) is 24.8. The molecule has 0 saturated carbocycles. The molecule has 0 aliphatic heterocycles. The normalized spacial score (nSPS) is 14.4. The summed E-state index contributed by atoms with van der Waals surface area (Å²) in [7, 11) is 0. The van der Waals surface area contributed by atoms with Crippen molar-refractivity contribution in [3.05, 3.63) is 51.3 Å². The molecule has 7 heteroatoms. The summed E-state index contributed by atoms with van der Waals surface area (Å²) in [6, 6.07) is 6.96. The van der Waals surface area contributed by atoms with Gasteiger partial charge in [0.05, 0.1) is 19.1 Å². The second-order valence-electron chi connectivity index (χ2n) is 6.20. The van der Waals surface area contributed by atoms with Crippen LogP contribution in [0.4, 0.5) is 0 Å². The maximum absolute atomic E-state index is 12.8. The highest BCUT2D eigenvalue weighted by Crippen LogP contribution is 2.28. The number of carbonyl (C=O) groups is 2. The van der Waals surface area contributed by atoms with E-state index in [1.165, 1.54) is 0 Å². The highest BCUT2D eigenvalue weighted by molar-refractivity contribution is 9.10. The molecule has 0 spiro atoms. The van der Waals surface area contributed by atoms with Crippen LogP contribution >= 0.6 is 15.9 Å². The van der Waals surface area contributed by atoms with Crippen LogP contribution in [0.5, 0.6) is 0 Å². The van der Waals surface area contributed by atoms with E-state index in [-0.39, 0.29) is 18.3 Å². The molecule has 1 unspecified atom stereocenters. The molecule has 26 heavy (non-hydrogen) atoms. The van der Waals surface area contributed by atoms with Gasteiger partial charge >= 0.3 is 5.97 Å². The quantitative estimate of drug-likeness (QED) is 0.719. The van der Waals surface area contributed by atoms with Crippen molar-refractivity contribution in [1.82, 2.24) is 10.5 Å². The number of amides is 1. The molecule has 1 aliphatic carbocycles. The third kappa shape index (κ3) is 4.15. The van der Waals surface area contributed by atoms with Gasteiger partial charge in [-0.3, -0.25) is 9.59 Å². The van der Waals surface area contributed by atoms with E-state index < -0.39 is 6.04 Å². The summed E-state index contributed by atoms with van der Waals surface area (Å²) in [6.07, 6.45) is 3.71. The Balaban J connectivity index is 1.83. The molecule has 1 aromatic heterocycles. The van der Waals surface area contributed by atoms with E-state index in [0.29, 0.717) is 12.3 Å². The van der Waals surface area contributed by atoms with E-state index in [1.54, 1.807) is 6.92 Å². The van der Waals surface area contributed by atoms with Gasteiger partial charge < -0.3 is 14.6 Å². The molecular weight excluding hydrogens is 400 g/mol. The Labute approximate surface area is 160 Å². The largest absolute Gasteiger partial charge is 0.466 e. The summed E-state index contributed by atoms with van der Waals surface area (Å²) in [5, 5.41) is 6.89. The fourth-order valence-electron chi connectivity index (χ4n) is 3.17. The molecule has 6 nitrogen and oxygen atoms in total. The van der Waals surface area contributed by atoms with E-state index in [4.69, 9.17) is 9.26 Å². The number of rotatable bonds is 6. The van der Waals surface area contributed by atoms with E-state index in [2.05, 4.69) is 26.4 Å². The number of nitrogens with one attached hydrogen (secondary N) is 1. The first-order valence-corrected chi connectivity index (χ1v) is 9.57. The Morgan fingerprint density at radius 3 is 2.85 bits per heavy atom. The molecule has 0 radical (unpaired) electrons. The second-order valence-corrected chi connectivity index (χ2v) is 7.05. The number of hydrogen-bond acceptors (Lipinski definition) is 5. The number of nitrogens with zero attached hydrogens (tertiary/aromatic N) is 1. The van der Waals surface area contributed by atoms with Crippen molar-refractivity contribution in [2.45, 2.75) is 45.1 Å². The van der Waals surface area contributed by atoms with Gasteiger partial charge in [-0.15, -0.1) is 0 Å². The van der Waals surface area contributed by atoms with Crippen LogP contribution in [0, 0.1) is 0 Å². The van der Waals surface area contributed by atoms with Crippen molar-refractivity contribution in [1.29, 1.82) is 0 Å². The fraction of sp³-hybridized carbons (Fsp3) is 0.421. The zero-order valence-electron chi connectivity index (χ0n) is 14.6. The third-order valence-corrected chi connectivity index (χ3v) is 5.15. The number of hydrogen-bond donors (Lipinski definition) is 1. The van der Waals surface area contributed by atoms with Gasteiger partial charge in [0.2, 0.25) is 0 Å². The molecule has 138 valence electrons. The predicted molar refractivity (Wildman–Crippen MR) is 98.7 cm³/mol. The van der Waals surface area contributed by atoms with Crippen LogP contribution in [-0.2, 0) is 22.4 Å². The first-order chi connectivity index (χ1) is 12.6. The summed E-state index contributed by atoms with van der Waals surface area (Å²) in [5.74, 6) is 0.0990. The van der Waals surface area contributed by atoms with Crippen LogP contribution in [-0.4, -0.2) is 23.6 Å². The number of halogens is 1. The van der Waals surface area contributed by atoms with Crippen molar-refractivity contribution < 1.29 is 18.8 Å². The lowest BCUT2D eigenvalue weighted by atomic mass is 9.96. The first-order valence-electron chi connectivity index (χ1n) is 8.78. The lowest BCUT2D eigenvalue weighted by molar-refractivity contribution is -0.143. The molecule has 1 atom stereocenters. The average Bonchev–Trinajstić information content (AvgIpc) is 3.06. The van der Waals surface area contributed by atoms with Crippen molar-refractivity contribution in [2.75, 3.05) is 6.61 Å². The van der Waals surface area contributed by atoms with Crippen LogP contribution in [0.3, 0.4) is 0 Å². The summed E-state index contributed by atoms with van der Waals surface area (Å²) < 4.78 is 11.2. The molecule has 0 fully saturated rings. The fourth-order valence-corrected chi connectivity index (χ4v) is 3.73. The number of ether oxygens (including phenoxy) is 1. The Hall–Kier alpha value is -2.15. The molecule has 1 aliphatic rings. The topological polar surface area (TPSA) is 81.4 Å². The smallest absolute Gasteiger partial charge is 0.308 e. The van der Waals surface area contributed by atoms with Crippen LogP contribution in [0.15, 0.2) is 33.3 Å². The van der Waals surface area contributed by atoms with Gasteiger partial charge in [-0.05, 0) is 37.8 Å². The lowest BCUT2D eigenvalue weighted by Crippen LogP contribution is -2.32. The lowest BCUT2D eigenvalue weighted by Gasteiger charge is -2.19. The molecule has 0 saturated heterocycles. The molecular formula is C19H21BrN2O4. The number of aryl methyl sites for hydroxylation is 1. The molecule has 0 bridgehead atoms. The van der Waals surface area contributed by atoms with Gasteiger partial charge in [-0.25, -0.2) is 0 Å². The minimum atomic E-state index is -0.520. The van der Waals surface area contributed by atoms with Crippen molar-refractivity contribution in [3.63, 3.8) is 0 Å². The van der Waals surface area contributed by atoms with E-state index in [0.717, 1.165) is 47.0 Å². The van der Waals surface area contributed by atoms with Gasteiger partial charge in [0.1, 0.15) is 5.76 Å². The van der Waals surface area contributed by atoms with Crippen molar-refractivity contribution in [3.8, 4) is 0 Å². The Morgan fingerprint density at radius 2 is 2.08 bits per heavy atom. The van der Waals surface area contributed by atoms with Gasteiger partial charge in [0, 0.05) is 16.5 Å². The van der Waals surface area contributed by atoms with Gasteiger partial charge in [0.15, 0.2) is 5.69 Å². The molecule has 3 rings (SSSR count). The third-order valence-electron chi connectivity index (χ3n) is 4.43. The minimum Gasteiger partial charge on any atom is -0.466 e. The summed E-state index contributed by atoms with van der Waals surface area (Å²) in [5.41, 5.74) is 2.02. The predicted octanol–water partition coefficient (Wildman–Crippen LogP) is 3.74.